The number of hydrogen-bond acceptors (Lipinski definition) is 2. The summed E-state index contributed by atoms with van der Waals surface area (Å²) < 4.78 is 0. The predicted molar refractivity (Wildman–Crippen MR) is 60.5 cm³/mol. The smallest absolute Gasteiger partial charge is 0.00791 e. The Morgan fingerprint density at radius 1 is 1.07 bits per heavy atom. The van der Waals surface area contributed by atoms with Gasteiger partial charge in [0.1, 0.15) is 0 Å². The van der Waals surface area contributed by atoms with Gasteiger partial charge < -0.3 is 10.2 Å². The van der Waals surface area contributed by atoms with E-state index in [0.29, 0.717) is 0 Å². The summed E-state index contributed by atoms with van der Waals surface area (Å²) in [5.41, 5.74) is 0. The van der Waals surface area contributed by atoms with Crippen LogP contribution in [0.25, 0.3) is 0 Å². The lowest BCUT2D eigenvalue weighted by molar-refractivity contribution is 0.221. The second-order valence-electron chi connectivity index (χ2n) is 4.84. The molecule has 1 unspecified atom stereocenters. The third-order valence-electron chi connectivity index (χ3n) is 3.65. The summed E-state index contributed by atoms with van der Waals surface area (Å²) >= 11 is 0. The molecule has 2 fully saturated rings. The van der Waals surface area contributed by atoms with Gasteiger partial charge in [0.05, 0.1) is 0 Å². The van der Waals surface area contributed by atoms with E-state index in [1.165, 1.54) is 71.1 Å². The van der Waals surface area contributed by atoms with E-state index in [4.69, 9.17) is 0 Å². The lowest BCUT2D eigenvalue weighted by Gasteiger charge is -2.29. The number of likely N-dealkylation sites (tertiary alicyclic amines) is 1. The molecule has 0 bridgehead atoms. The maximum atomic E-state index is 3.47. The zero-order chi connectivity index (χ0) is 9.64. The number of nitrogens with zero attached hydrogens (tertiary/aromatic N) is 1. The number of hydrogen-bond donors (Lipinski definition) is 1. The van der Waals surface area contributed by atoms with E-state index < -0.39 is 0 Å². The zero-order valence-corrected chi connectivity index (χ0v) is 9.30. The second kappa shape index (κ2) is 5.72. The molecule has 0 aliphatic carbocycles. The molecule has 2 aliphatic heterocycles. The highest BCUT2D eigenvalue weighted by atomic mass is 15.1. The Morgan fingerprint density at radius 2 is 1.86 bits per heavy atom. The van der Waals surface area contributed by atoms with Gasteiger partial charge in [0.2, 0.25) is 0 Å². The van der Waals surface area contributed by atoms with Crippen molar-refractivity contribution >= 4 is 0 Å². The van der Waals surface area contributed by atoms with Gasteiger partial charge in [0, 0.05) is 6.04 Å². The van der Waals surface area contributed by atoms with Gasteiger partial charge in [-0.05, 0) is 58.3 Å². The zero-order valence-electron chi connectivity index (χ0n) is 9.30. The summed E-state index contributed by atoms with van der Waals surface area (Å²) in [5, 5.41) is 3.47. The van der Waals surface area contributed by atoms with Gasteiger partial charge in [0.15, 0.2) is 0 Å². The topological polar surface area (TPSA) is 15.3 Å². The average Bonchev–Trinajstić information content (AvgIpc) is 2.16. The first kappa shape index (κ1) is 10.4. The normalized spacial score (nSPS) is 28.7. The lowest BCUT2D eigenvalue weighted by atomic mass is 10.0. The van der Waals surface area contributed by atoms with E-state index in [1.54, 1.807) is 0 Å². The van der Waals surface area contributed by atoms with Gasteiger partial charge in [-0.25, -0.2) is 0 Å². The summed E-state index contributed by atoms with van der Waals surface area (Å²) in [5.74, 6) is 0. The van der Waals surface area contributed by atoms with Crippen molar-refractivity contribution in [2.75, 3.05) is 26.2 Å². The molecule has 2 rings (SSSR count). The number of nitrogens with one attached hydrogen (secondary N) is 1. The van der Waals surface area contributed by atoms with Gasteiger partial charge >= 0.3 is 0 Å². The van der Waals surface area contributed by atoms with Crippen molar-refractivity contribution in [3.8, 4) is 0 Å². The van der Waals surface area contributed by atoms with Crippen molar-refractivity contribution in [2.45, 2.75) is 51.0 Å². The first-order valence-corrected chi connectivity index (χ1v) is 6.41. The largest absolute Gasteiger partial charge is 0.314 e. The van der Waals surface area contributed by atoms with Crippen LogP contribution >= 0.6 is 0 Å². The van der Waals surface area contributed by atoms with Crippen LogP contribution in [0, 0.1) is 0 Å². The number of unbranched alkanes of at least 4 members (excludes halogenated alkanes) is 1. The molecule has 2 saturated heterocycles. The average molecular weight is 196 g/mol. The lowest BCUT2D eigenvalue weighted by Crippen LogP contribution is -2.42. The van der Waals surface area contributed by atoms with Crippen molar-refractivity contribution in [3.05, 3.63) is 0 Å². The summed E-state index contributed by atoms with van der Waals surface area (Å²) in [7, 11) is 0. The quantitative estimate of drug-likeness (QED) is 0.677. The van der Waals surface area contributed by atoms with Crippen molar-refractivity contribution in [1.82, 2.24) is 10.2 Å². The highest BCUT2D eigenvalue weighted by Gasteiger charge is 2.15. The SMILES string of the molecule is C1CCN(CCCCC2CCN2)CC1. The molecule has 14 heavy (non-hydrogen) atoms. The molecule has 1 atom stereocenters. The number of piperidine rings is 1. The van der Waals surface area contributed by atoms with E-state index in [2.05, 4.69) is 10.2 Å². The standard InChI is InChI=1S/C12H24N2/c1-3-9-14(10-4-1)11-5-2-6-12-7-8-13-12/h12-13H,1-11H2. The Bertz CT molecular complexity index is 148. The molecule has 0 radical (unpaired) electrons. The first-order valence-electron chi connectivity index (χ1n) is 6.41. The van der Waals surface area contributed by atoms with Crippen LogP contribution in [0.3, 0.4) is 0 Å². The first-order chi connectivity index (χ1) is 6.95. The number of rotatable bonds is 5. The van der Waals surface area contributed by atoms with Gasteiger partial charge in [0.25, 0.3) is 0 Å². The van der Waals surface area contributed by atoms with Gasteiger partial charge in [-0.1, -0.05) is 12.8 Å². The highest BCUT2D eigenvalue weighted by molar-refractivity contribution is 4.77. The molecule has 0 aromatic carbocycles. The molecule has 2 nitrogen and oxygen atoms in total. The predicted octanol–water partition coefficient (Wildman–Crippen LogP) is 2.00. The minimum Gasteiger partial charge on any atom is -0.314 e. The Morgan fingerprint density at radius 3 is 2.50 bits per heavy atom. The fourth-order valence-corrected chi connectivity index (χ4v) is 2.50. The molecule has 82 valence electrons. The van der Waals surface area contributed by atoms with E-state index in [-0.39, 0.29) is 0 Å². The van der Waals surface area contributed by atoms with Crippen LogP contribution in [-0.4, -0.2) is 37.1 Å². The molecule has 0 saturated carbocycles. The second-order valence-corrected chi connectivity index (χ2v) is 4.84. The van der Waals surface area contributed by atoms with Crippen molar-refractivity contribution in [1.29, 1.82) is 0 Å². The monoisotopic (exact) mass is 196 g/mol. The molecular formula is C12H24N2. The van der Waals surface area contributed by atoms with Crippen LogP contribution in [-0.2, 0) is 0 Å². The van der Waals surface area contributed by atoms with Crippen molar-refractivity contribution in [3.63, 3.8) is 0 Å². The Labute approximate surface area is 88.1 Å². The molecule has 2 aliphatic rings. The highest BCUT2D eigenvalue weighted by Crippen LogP contribution is 2.13. The molecule has 2 heterocycles. The van der Waals surface area contributed by atoms with Crippen LogP contribution < -0.4 is 5.32 Å². The van der Waals surface area contributed by atoms with Gasteiger partial charge in [-0.2, -0.15) is 0 Å². The molecule has 2 heteroatoms. The molecular weight excluding hydrogens is 172 g/mol. The third kappa shape index (κ3) is 3.25. The molecule has 1 N–H and O–H groups in total. The summed E-state index contributed by atoms with van der Waals surface area (Å²) in [6, 6.07) is 0.872. The Balaban J connectivity index is 1.45. The molecule has 0 amide bonds. The maximum absolute atomic E-state index is 3.47. The fourth-order valence-electron chi connectivity index (χ4n) is 2.50. The minimum atomic E-state index is 0.872. The van der Waals surface area contributed by atoms with Crippen LogP contribution in [0.5, 0.6) is 0 Å². The van der Waals surface area contributed by atoms with E-state index >= 15 is 0 Å². The molecule has 0 aromatic rings. The molecule has 0 aromatic heterocycles. The maximum Gasteiger partial charge on any atom is 0.00791 e. The Hall–Kier alpha value is -0.0800. The third-order valence-corrected chi connectivity index (χ3v) is 3.65. The summed E-state index contributed by atoms with van der Waals surface area (Å²) in [6.07, 6.45) is 10.0. The molecule has 0 spiro atoms. The summed E-state index contributed by atoms with van der Waals surface area (Å²) in [6.45, 7) is 5.34. The van der Waals surface area contributed by atoms with Crippen LogP contribution in [0.15, 0.2) is 0 Å². The van der Waals surface area contributed by atoms with Gasteiger partial charge in [-0.3, -0.25) is 0 Å². The van der Waals surface area contributed by atoms with Gasteiger partial charge in [-0.15, -0.1) is 0 Å². The minimum absolute atomic E-state index is 0.872. The van der Waals surface area contributed by atoms with Crippen LogP contribution in [0.4, 0.5) is 0 Å². The Kier molecular flexibility index (Phi) is 4.26. The van der Waals surface area contributed by atoms with Crippen molar-refractivity contribution < 1.29 is 0 Å². The summed E-state index contributed by atoms with van der Waals surface area (Å²) in [4.78, 5) is 2.65. The fraction of sp³-hybridized carbons (Fsp3) is 1.00. The van der Waals surface area contributed by atoms with Crippen LogP contribution in [0.1, 0.15) is 44.9 Å². The van der Waals surface area contributed by atoms with E-state index in [9.17, 15) is 0 Å². The van der Waals surface area contributed by atoms with Crippen LogP contribution in [0.2, 0.25) is 0 Å². The van der Waals surface area contributed by atoms with E-state index in [0.717, 1.165) is 6.04 Å². The van der Waals surface area contributed by atoms with Crippen molar-refractivity contribution in [2.24, 2.45) is 0 Å². The van der Waals surface area contributed by atoms with E-state index in [1.807, 2.05) is 0 Å².